The zero-order valence-corrected chi connectivity index (χ0v) is 15.6. The minimum absolute atomic E-state index is 0.0552. The molecule has 0 saturated carbocycles. The maximum absolute atomic E-state index is 12.5. The minimum Gasteiger partial charge on any atom is -0.364 e. The molecule has 3 aromatic rings. The summed E-state index contributed by atoms with van der Waals surface area (Å²) in [4.78, 5) is 25.6. The quantitative estimate of drug-likeness (QED) is 0.691. The first-order valence-electron chi connectivity index (χ1n) is 8.15. The second-order valence-electron chi connectivity index (χ2n) is 5.92. The largest absolute Gasteiger partial charge is 0.364 e. The Morgan fingerprint density at radius 1 is 1.27 bits per heavy atom. The number of primary amides is 1. The van der Waals surface area contributed by atoms with E-state index in [2.05, 4.69) is 15.5 Å². The van der Waals surface area contributed by atoms with Gasteiger partial charge in [-0.3, -0.25) is 19.0 Å². The first kappa shape index (κ1) is 17.9. The number of aromatic nitrogens is 4. The number of nitrogens with two attached hydrogens (primary N) is 1. The number of rotatable bonds is 6. The zero-order chi connectivity index (χ0) is 18.8. The Kier molecular flexibility index (Phi) is 4.90. The highest BCUT2D eigenvalue weighted by Crippen LogP contribution is 2.21. The van der Waals surface area contributed by atoms with Crippen molar-refractivity contribution in [3.05, 3.63) is 51.2 Å². The van der Waals surface area contributed by atoms with Gasteiger partial charge in [-0.25, -0.2) is 0 Å². The maximum Gasteiger partial charge on any atom is 0.271 e. The van der Waals surface area contributed by atoms with Crippen molar-refractivity contribution in [2.75, 3.05) is 5.32 Å². The van der Waals surface area contributed by atoms with Crippen LogP contribution in [0.25, 0.3) is 0 Å². The maximum atomic E-state index is 12.5. The van der Waals surface area contributed by atoms with Crippen molar-refractivity contribution < 1.29 is 9.59 Å². The van der Waals surface area contributed by atoms with Crippen LogP contribution in [0.2, 0.25) is 0 Å². The van der Waals surface area contributed by atoms with Gasteiger partial charge in [-0.05, 0) is 39.0 Å². The van der Waals surface area contributed by atoms with Gasteiger partial charge < -0.3 is 11.1 Å². The Labute approximate surface area is 154 Å². The summed E-state index contributed by atoms with van der Waals surface area (Å²) in [6.45, 7) is 7.01. The van der Waals surface area contributed by atoms with E-state index in [4.69, 9.17) is 5.73 Å². The van der Waals surface area contributed by atoms with E-state index < -0.39 is 5.91 Å². The molecule has 0 fully saturated rings. The van der Waals surface area contributed by atoms with Gasteiger partial charge in [0.25, 0.3) is 11.8 Å². The number of aryl methyl sites for hydroxylation is 3. The number of anilines is 1. The molecule has 0 saturated heterocycles. The van der Waals surface area contributed by atoms with Gasteiger partial charge in [0.15, 0.2) is 5.69 Å². The first-order chi connectivity index (χ1) is 12.4. The summed E-state index contributed by atoms with van der Waals surface area (Å²) >= 11 is 1.38. The molecule has 8 nitrogen and oxygen atoms in total. The van der Waals surface area contributed by atoms with Crippen LogP contribution in [0, 0.1) is 13.8 Å². The van der Waals surface area contributed by atoms with Crippen molar-refractivity contribution in [1.82, 2.24) is 19.6 Å². The Hall–Kier alpha value is -2.94. The fourth-order valence-corrected chi connectivity index (χ4v) is 3.49. The second kappa shape index (κ2) is 7.12. The molecule has 0 atom stereocenters. The minimum atomic E-state index is -0.677. The summed E-state index contributed by atoms with van der Waals surface area (Å²) in [6.07, 6.45) is 1.60. The molecule has 0 bridgehead atoms. The number of carbonyl (C=O) groups excluding carboxylic acids is 2. The van der Waals surface area contributed by atoms with Crippen LogP contribution in [0.1, 0.15) is 43.3 Å². The molecule has 136 valence electrons. The van der Waals surface area contributed by atoms with Gasteiger partial charge in [0.1, 0.15) is 0 Å². The highest BCUT2D eigenvalue weighted by atomic mass is 32.1. The molecule has 0 radical (unpaired) electrons. The van der Waals surface area contributed by atoms with E-state index in [1.807, 2.05) is 37.6 Å². The van der Waals surface area contributed by atoms with Crippen molar-refractivity contribution in [2.24, 2.45) is 5.73 Å². The molecule has 3 N–H and O–H groups in total. The number of thiophene rings is 1. The van der Waals surface area contributed by atoms with Crippen LogP contribution in [0.5, 0.6) is 0 Å². The molecule has 2 amide bonds. The summed E-state index contributed by atoms with van der Waals surface area (Å²) < 4.78 is 3.46. The van der Waals surface area contributed by atoms with Crippen molar-refractivity contribution in [1.29, 1.82) is 0 Å². The van der Waals surface area contributed by atoms with E-state index in [1.54, 1.807) is 16.9 Å². The molecule has 3 rings (SSSR count). The molecular formula is C17H20N6O2S. The number of hydrogen-bond acceptors (Lipinski definition) is 5. The lowest BCUT2D eigenvalue weighted by Gasteiger charge is -2.02. The summed E-state index contributed by atoms with van der Waals surface area (Å²) in [6, 6.07) is 5.67. The molecule has 0 spiro atoms. The molecule has 0 aliphatic rings. The van der Waals surface area contributed by atoms with Crippen LogP contribution >= 0.6 is 11.3 Å². The van der Waals surface area contributed by atoms with Crippen LogP contribution < -0.4 is 11.1 Å². The van der Waals surface area contributed by atoms with Crippen LogP contribution in [-0.2, 0) is 13.1 Å². The van der Waals surface area contributed by atoms with Crippen molar-refractivity contribution in [3.63, 3.8) is 0 Å². The second-order valence-corrected chi connectivity index (χ2v) is 7.08. The van der Waals surface area contributed by atoms with Crippen LogP contribution in [-0.4, -0.2) is 31.4 Å². The highest BCUT2D eigenvalue weighted by molar-refractivity contribution is 7.14. The number of hydrogen-bond donors (Lipinski definition) is 2. The van der Waals surface area contributed by atoms with Gasteiger partial charge in [-0.2, -0.15) is 10.2 Å². The standard InChI is InChI=1S/C17H20N6O2S/c1-4-22-9-13(15(21-22)16(18)24)19-17(25)14-6-5-12(26-14)8-23-11(3)7-10(2)20-23/h5-7,9H,4,8H2,1-3H3,(H2,18,24)(H,19,25). The fraction of sp³-hybridized carbons (Fsp3) is 0.294. The number of carbonyl (C=O) groups is 2. The summed E-state index contributed by atoms with van der Waals surface area (Å²) in [5.41, 5.74) is 7.73. The third kappa shape index (κ3) is 3.67. The van der Waals surface area contributed by atoms with E-state index in [-0.39, 0.29) is 11.6 Å². The molecule has 0 aromatic carbocycles. The van der Waals surface area contributed by atoms with Crippen molar-refractivity contribution in [2.45, 2.75) is 33.9 Å². The van der Waals surface area contributed by atoms with E-state index in [0.717, 1.165) is 16.3 Å². The van der Waals surface area contributed by atoms with Gasteiger partial charge in [-0.1, -0.05) is 0 Å². The lowest BCUT2D eigenvalue weighted by atomic mass is 10.3. The predicted octanol–water partition coefficient (Wildman–Crippen LogP) is 2.18. The Morgan fingerprint density at radius 2 is 2.04 bits per heavy atom. The lowest BCUT2D eigenvalue weighted by molar-refractivity contribution is 0.0995. The molecular weight excluding hydrogens is 352 g/mol. The summed E-state index contributed by atoms with van der Waals surface area (Å²) in [5.74, 6) is -0.975. The van der Waals surface area contributed by atoms with E-state index in [1.165, 1.54) is 11.3 Å². The molecule has 0 aliphatic heterocycles. The highest BCUT2D eigenvalue weighted by Gasteiger charge is 2.18. The summed E-state index contributed by atoms with van der Waals surface area (Å²) in [5, 5.41) is 11.2. The van der Waals surface area contributed by atoms with Gasteiger partial charge in [-0.15, -0.1) is 11.3 Å². The average Bonchev–Trinajstić information content (AvgIpc) is 3.27. The Bertz CT molecular complexity index is 968. The van der Waals surface area contributed by atoms with Crippen LogP contribution in [0.4, 0.5) is 5.69 Å². The van der Waals surface area contributed by atoms with E-state index >= 15 is 0 Å². The Morgan fingerprint density at radius 3 is 2.65 bits per heavy atom. The van der Waals surface area contributed by atoms with Crippen LogP contribution in [0.15, 0.2) is 24.4 Å². The first-order valence-corrected chi connectivity index (χ1v) is 8.97. The summed E-state index contributed by atoms with van der Waals surface area (Å²) in [7, 11) is 0. The normalized spacial score (nSPS) is 10.9. The van der Waals surface area contributed by atoms with E-state index in [0.29, 0.717) is 23.7 Å². The monoisotopic (exact) mass is 372 g/mol. The third-order valence-corrected chi connectivity index (χ3v) is 4.93. The lowest BCUT2D eigenvalue weighted by Crippen LogP contribution is -2.17. The topological polar surface area (TPSA) is 108 Å². The van der Waals surface area contributed by atoms with Gasteiger partial charge in [0, 0.05) is 23.3 Å². The van der Waals surface area contributed by atoms with E-state index in [9.17, 15) is 9.59 Å². The number of amides is 2. The Balaban J connectivity index is 1.75. The number of nitrogens with one attached hydrogen (secondary N) is 1. The van der Waals surface area contributed by atoms with Crippen molar-refractivity contribution in [3.8, 4) is 0 Å². The smallest absolute Gasteiger partial charge is 0.271 e. The third-order valence-electron chi connectivity index (χ3n) is 3.86. The molecule has 3 heterocycles. The fourth-order valence-electron chi connectivity index (χ4n) is 2.61. The SMILES string of the molecule is CCn1cc(NC(=O)c2ccc(Cn3nc(C)cc3C)s2)c(C(N)=O)n1. The average molecular weight is 372 g/mol. The number of nitrogens with zero attached hydrogens (tertiary/aromatic N) is 4. The van der Waals surface area contributed by atoms with Crippen LogP contribution in [0.3, 0.4) is 0 Å². The molecule has 9 heteroatoms. The van der Waals surface area contributed by atoms with Gasteiger partial charge >= 0.3 is 0 Å². The molecule has 0 unspecified atom stereocenters. The van der Waals surface area contributed by atoms with Crippen molar-refractivity contribution >= 4 is 28.8 Å². The molecule has 3 aromatic heterocycles. The molecule has 0 aliphatic carbocycles. The van der Waals surface area contributed by atoms with Gasteiger partial charge in [0.2, 0.25) is 0 Å². The van der Waals surface area contributed by atoms with Gasteiger partial charge in [0.05, 0.1) is 22.8 Å². The molecule has 26 heavy (non-hydrogen) atoms. The predicted molar refractivity (Wildman–Crippen MR) is 99.5 cm³/mol. The zero-order valence-electron chi connectivity index (χ0n) is 14.8.